The highest BCUT2D eigenvalue weighted by molar-refractivity contribution is 5.99. The maximum Gasteiger partial charge on any atom is 0.132 e. The highest BCUT2D eigenvalue weighted by atomic mass is 16.3. The second-order valence-electron chi connectivity index (χ2n) is 5.91. The molecule has 0 radical (unpaired) electrons. The molecule has 130 valence electrons. The quantitative estimate of drug-likeness (QED) is 0.405. The smallest absolute Gasteiger partial charge is 0.132 e. The number of hydrogen-bond acceptors (Lipinski definition) is 3. The van der Waals surface area contributed by atoms with Gasteiger partial charge in [0.05, 0.1) is 5.76 Å². The molecule has 4 heteroatoms. The lowest BCUT2D eigenvalue weighted by molar-refractivity contribution is 0.391. The van der Waals surface area contributed by atoms with E-state index in [1.165, 1.54) is 0 Å². The van der Waals surface area contributed by atoms with Crippen LogP contribution in [0.1, 0.15) is 23.1 Å². The minimum atomic E-state index is 0.201. The van der Waals surface area contributed by atoms with E-state index in [0.29, 0.717) is 12.8 Å². The number of aryl methyl sites for hydroxylation is 1. The fraction of sp³-hybridized carbons (Fsp3) is 0.190. The van der Waals surface area contributed by atoms with Crippen molar-refractivity contribution >= 4 is 5.84 Å². The Morgan fingerprint density at radius 3 is 2.16 bits per heavy atom. The summed E-state index contributed by atoms with van der Waals surface area (Å²) < 4.78 is 0. The number of allylic oxidation sites excluding steroid dienone is 2. The highest BCUT2D eigenvalue weighted by Gasteiger charge is 2.06. The first-order chi connectivity index (χ1) is 12.0. The van der Waals surface area contributed by atoms with E-state index >= 15 is 0 Å². The van der Waals surface area contributed by atoms with Gasteiger partial charge in [-0.1, -0.05) is 49.6 Å². The van der Waals surface area contributed by atoms with Crippen LogP contribution in [-0.2, 0) is 12.8 Å². The largest absolute Gasteiger partial charge is 0.513 e. The van der Waals surface area contributed by atoms with Gasteiger partial charge in [-0.05, 0) is 29.7 Å². The van der Waals surface area contributed by atoms with E-state index in [4.69, 9.17) is 0 Å². The van der Waals surface area contributed by atoms with Crippen LogP contribution in [0.15, 0.2) is 78.1 Å². The molecular weight excluding hydrogens is 312 g/mol. The highest BCUT2D eigenvalue weighted by Crippen LogP contribution is 2.13. The minimum absolute atomic E-state index is 0.201. The summed E-state index contributed by atoms with van der Waals surface area (Å²) in [4.78, 5) is 4.31. The lowest BCUT2D eigenvalue weighted by Crippen LogP contribution is -2.24. The standard InChI is InChI=1S/C21H24N2O2/c1-15(14-18-8-12-20(25)13-9-18)23-21(22-3)19-10-6-17(7-11-19)5-4-16(2)24/h6-13,24-25H,1-2,4-5,14H2,3H3,(H,22,23). The number of aromatic hydroxyl groups is 1. The van der Waals surface area contributed by atoms with E-state index in [-0.39, 0.29) is 11.5 Å². The molecule has 0 spiro atoms. The van der Waals surface area contributed by atoms with Crippen LogP contribution < -0.4 is 5.32 Å². The predicted octanol–water partition coefficient (Wildman–Crippen LogP) is 4.12. The summed E-state index contributed by atoms with van der Waals surface area (Å²) in [6.45, 7) is 7.56. The van der Waals surface area contributed by atoms with Crippen molar-refractivity contribution in [3.8, 4) is 5.75 Å². The number of nitrogens with one attached hydrogen (secondary N) is 1. The van der Waals surface area contributed by atoms with Gasteiger partial charge in [-0.2, -0.15) is 0 Å². The van der Waals surface area contributed by atoms with Gasteiger partial charge < -0.3 is 15.5 Å². The van der Waals surface area contributed by atoms with Gasteiger partial charge in [0.1, 0.15) is 11.6 Å². The normalized spacial score (nSPS) is 11.2. The SMILES string of the molecule is C=C(O)CCc1ccc(C(=NC)NC(=C)Cc2ccc(O)cc2)cc1. The molecule has 0 unspecified atom stereocenters. The van der Waals surface area contributed by atoms with Crippen LogP contribution in [0, 0.1) is 0 Å². The van der Waals surface area contributed by atoms with Crippen LogP contribution in [0.25, 0.3) is 0 Å². The summed E-state index contributed by atoms with van der Waals surface area (Å²) in [6.07, 6.45) is 1.97. The maximum absolute atomic E-state index is 9.34. The van der Waals surface area contributed by atoms with Crippen LogP contribution in [0.3, 0.4) is 0 Å². The fourth-order valence-corrected chi connectivity index (χ4v) is 2.45. The number of aliphatic hydroxyl groups is 1. The second-order valence-corrected chi connectivity index (χ2v) is 5.91. The molecule has 2 rings (SSSR count). The van der Waals surface area contributed by atoms with Gasteiger partial charge >= 0.3 is 0 Å². The summed E-state index contributed by atoms with van der Waals surface area (Å²) >= 11 is 0. The third kappa shape index (κ3) is 5.84. The number of hydrogen-bond donors (Lipinski definition) is 3. The summed E-state index contributed by atoms with van der Waals surface area (Å²) in [5, 5.41) is 21.8. The van der Waals surface area contributed by atoms with E-state index < -0.39 is 0 Å². The average Bonchev–Trinajstić information content (AvgIpc) is 2.60. The van der Waals surface area contributed by atoms with Gasteiger partial charge in [0.25, 0.3) is 0 Å². The minimum Gasteiger partial charge on any atom is -0.513 e. The number of phenolic OH excluding ortho intramolecular Hbond substituents is 1. The van der Waals surface area contributed by atoms with Gasteiger partial charge in [0, 0.05) is 31.1 Å². The molecule has 0 amide bonds. The number of aliphatic hydroxyl groups excluding tert-OH is 1. The van der Waals surface area contributed by atoms with Crippen LogP contribution in [0.2, 0.25) is 0 Å². The summed E-state index contributed by atoms with van der Waals surface area (Å²) in [6, 6.07) is 15.1. The van der Waals surface area contributed by atoms with Crippen LogP contribution in [0.5, 0.6) is 5.75 Å². The molecular formula is C21H24N2O2. The van der Waals surface area contributed by atoms with Gasteiger partial charge in [0.2, 0.25) is 0 Å². The first-order valence-corrected chi connectivity index (χ1v) is 8.13. The fourth-order valence-electron chi connectivity index (χ4n) is 2.45. The molecule has 0 fully saturated rings. The molecule has 0 saturated heterocycles. The first-order valence-electron chi connectivity index (χ1n) is 8.13. The van der Waals surface area contributed by atoms with E-state index in [0.717, 1.165) is 34.6 Å². The number of rotatable bonds is 7. The van der Waals surface area contributed by atoms with Crippen molar-refractivity contribution in [3.05, 3.63) is 89.8 Å². The topological polar surface area (TPSA) is 64.9 Å². The van der Waals surface area contributed by atoms with Crippen molar-refractivity contribution in [3.63, 3.8) is 0 Å². The van der Waals surface area contributed by atoms with Gasteiger partial charge in [-0.15, -0.1) is 0 Å². The number of amidine groups is 1. The Kier molecular flexibility index (Phi) is 6.40. The molecule has 0 aliphatic carbocycles. The lowest BCUT2D eigenvalue weighted by atomic mass is 10.1. The molecule has 4 nitrogen and oxygen atoms in total. The Labute approximate surface area is 148 Å². The number of aliphatic imine (C=N–C) groups is 1. The lowest BCUT2D eigenvalue weighted by Gasteiger charge is -2.13. The van der Waals surface area contributed by atoms with Crippen LogP contribution >= 0.6 is 0 Å². The molecule has 3 N–H and O–H groups in total. The summed E-state index contributed by atoms with van der Waals surface area (Å²) in [5.74, 6) is 1.21. The molecule has 0 saturated carbocycles. The van der Waals surface area contributed by atoms with Gasteiger partial charge in [-0.25, -0.2) is 0 Å². The Morgan fingerprint density at radius 1 is 1.00 bits per heavy atom. The van der Waals surface area contributed by atoms with Crippen LogP contribution in [-0.4, -0.2) is 23.1 Å². The average molecular weight is 336 g/mol. The van der Waals surface area contributed by atoms with Crippen molar-refractivity contribution in [2.45, 2.75) is 19.3 Å². The Balaban J connectivity index is 1.98. The predicted molar refractivity (Wildman–Crippen MR) is 103 cm³/mol. The van der Waals surface area contributed by atoms with Gasteiger partial charge in [0.15, 0.2) is 0 Å². The van der Waals surface area contributed by atoms with Crippen molar-refractivity contribution < 1.29 is 10.2 Å². The first kappa shape index (κ1) is 18.3. The van der Waals surface area contributed by atoms with E-state index in [9.17, 15) is 10.2 Å². The Bertz CT molecular complexity index is 759. The van der Waals surface area contributed by atoms with Crippen molar-refractivity contribution in [2.75, 3.05) is 7.05 Å². The molecule has 0 atom stereocenters. The summed E-state index contributed by atoms with van der Waals surface area (Å²) in [5.41, 5.74) is 4.00. The van der Waals surface area contributed by atoms with E-state index in [1.807, 2.05) is 36.4 Å². The zero-order valence-corrected chi connectivity index (χ0v) is 14.5. The number of nitrogens with zero attached hydrogens (tertiary/aromatic N) is 1. The maximum atomic E-state index is 9.34. The molecule has 0 heterocycles. The molecule has 2 aromatic rings. The monoisotopic (exact) mass is 336 g/mol. The zero-order chi connectivity index (χ0) is 18.2. The molecule has 0 bridgehead atoms. The van der Waals surface area contributed by atoms with E-state index in [2.05, 4.69) is 23.5 Å². The zero-order valence-electron chi connectivity index (χ0n) is 14.5. The van der Waals surface area contributed by atoms with Crippen molar-refractivity contribution in [1.82, 2.24) is 5.32 Å². The Hall–Kier alpha value is -3.01. The van der Waals surface area contributed by atoms with Crippen LogP contribution in [0.4, 0.5) is 0 Å². The third-order valence-electron chi connectivity index (χ3n) is 3.80. The molecule has 0 aliphatic rings. The molecule has 25 heavy (non-hydrogen) atoms. The summed E-state index contributed by atoms with van der Waals surface area (Å²) in [7, 11) is 1.74. The second kappa shape index (κ2) is 8.73. The molecule has 0 aliphatic heterocycles. The van der Waals surface area contributed by atoms with Crippen molar-refractivity contribution in [1.29, 1.82) is 0 Å². The number of benzene rings is 2. The van der Waals surface area contributed by atoms with Gasteiger partial charge in [-0.3, -0.25) is 4.99 Å². The third-order valence-corrected chi connectivity index (χ3v) is 3.80. The molecule has 2 aromatic carbocycles. The van der Waals surface area contributed by atoms with Crippen molar-refractivity contribution in [2.24, 2.45) is 4.99 Å². The number of phenols is 1. The Morgan fingerprint density at radius 2 is 1.60 bits per heavy atom. The molecule has 0 aromatic heterocycles. The van der Waals surface area contributed by atoms with E-state index in [1.54, 1.807) is 19.2 Å².